The van der Waals surface area contributed by atoms with Crippen molar-refractivity contribution in [2.75, 3.05) is 0 Å². The van der Waals surface area contributed by atoms with Gasteiger partial charge in [0, 0.05) is 26.2 Å². The zero-order valence-corrected chi connectivity index (χ0v) is 18.8. The minimum absolute atomic E-state index is 0. The number of benzene rings is 2. The van der Waals surface area contributed by atoms with Crippen LogP contribution in [0.2, 0.25) is 0 Å². The molecule has 0 radical (unpaired) electrons. The third-order valence-electron chi connectivity index (χ3n) is 5.81. The molecule has 0 N–H and O–H groups in total. The van der Waals surface area contributed by atoms with Crippen molar-refractivity contribution in [3.05, 3.63) is 64.7 Å². The van der Waals surface area contributed by atoms with Crippen molar-refractivity contribution in [3.63, 3.8) is 0 Å². The van der Waals surface area contributed by atoms with E-state index in [0.29, 0.717) is 0 Å². The molecule has 134 valence electrons. The van der Waals surface area contributed by atoms with Crippen molar-refractivity contribution in [1.82, 2.24) is 0 Å². The Morgan fingerprint density at radius 1 is 0.808 bits per heavy atom. The molecule has 1 heteroatoms. The summed E-state index contributed by atoms with van der Waals surface area (Å²) in [6, 6.07) is 16.5. The molecule has 26 heavy (non-hydrogen) atoms. The van der Waals surface area contributed by atoms with Crippen molar-refractivity contribution in [2.45, 2.75) is 59.3 Å². The maximum Gasteiger partial charge on any atom is 0 e. The summed E-state index contributed by atoms with van der Waals surface area (Å²) in [7, 11) is 0. The maximum atomic E-state index is 2.47. The smallest absolute Gasteiger partial charge is 0 e. The van der Waals surface area contributed by atoms with Gasteiger partial charge in [-0.15, -0.1) is 28.5 Å². The summed E-state index contributed by atoms with van der Waals surface area (Å²) >= 11 is 0. The molecule has 4 rings (SSSR count). The molecule has 1 saturated carbocycles. The van der Waals surface area contributed by atoms with E-state index in [2.05, 4.69) is 63.2 Å². The first kappa shape index (κ1) is 19.7. The second-order valence-electron chi connectivity index (χ2n) is 8.26. The predicted molar refractivity (Wildman–Crippen MR) is 109 cm³/mol. The molecule has 0 spiro atoms. The van der Waals surface area contributed by atoms with Crippen LogP contribution >= 0.6 is 0 Å². The van der Waals surface area contributed by atoms with Crippen LogP contribution in [-0.4, -0.2) is 0 Å². The van der Waals surface area contributed by atoms with Crippen molar-refractivity contribution >= 4 is 10.8 Å². The summed E-state index contributed by atoms with van der Waals surface area (Å²) in [6.07, 6.45) is 8.40. The minimum Gasteiger partial charge on any atom is -0.164 e. The predicted octanol–water partition coefficient (Wildman–Crippen LogP) is 7.27. The van der Waals surface area contributed by atoms with Gasteiger partial charge in [0.15, 0.2) is 0 Å². The van der Waals surface area contributed by atoms with Gasteiger partial charge in [0.1, 0.15) is 0 Å². The van der Waals surface area contributed by atoms with Crippen molar-refractivity contribution < 1.29 is 26.2 Å². The molecule has 0 heterocycles. The van der Waals surface area contributed by atoms with Gasteiger partial charge in [-0.05, 0) is 38.7 Å². The third-order valence-corrected chi connectivity index (χ3v) is 5.81. The quantitative estimate of drug-likeness (QED) is 0.391. The maximum absolute atomic E-state index is 2.47. The Kier molecular flexibility index (Phi) is 6.29. The minimum atomic E-state index is 0. The number of rotatable bonds is 3. The van der Waals surface area contributed by atoms with E-state index in [1.54, 1.807) is 0 Å². The Hall–Kier alpha value is -1.07. The number of hydrogen-bond donors (Lipinski definition) is 0. The van der Waals surface area contributed by atoms with Crippen LogP contribution in [0.25, 0.3) is 21.9 Å². The summed E-state index contributed by atoms with van der Waals surface area (Å²) in [6.45, 7) is 6.62. The molecule has 0 aromatic heterocycles. The fourth-order valence-corrected chi connectivity index (χ4v) is 4.74. The summed E-state index contributed by atoms with van der Waals surface area (Å²) in [4.78, 5) is 0. The van der Waals surface area contributed by atoms with Crippen LogP contribution in [0.1, 0.15) is 54.4 Å². The average molecular weight is 421 g/mol. The van der Waals surface area contributed by atoms with E-state index in [0.717, 1.165) is 5.92 Å². The summed E-state index contributed by atoms with van der Waals surface area (Å²) in [5, 5.41) is 2.85. The van der Waals surface area contributed by atoms with Gasteiger partial charge in [-0.25, -0.2) is 0 Å². The first-order valence-corrected chi connectivity index (χ1v) is 9.87. The Balaban J connectivity index is 0.00000196. The molecule has 3 aromatic carbocycles. The second-order valence-corrected chi connectivity index (χ2v) is 8.26. The van der Waals surface area contributed by atoms with Crippen molar-refractivity contribution in [1.29, 1.82) is 0 Å². The zero-order valence-electron chi connectivity index (χ0n) is 16.4. The SMILES string of the molecule is Cc1cc(C)cc(-c2cc(C)cc3[cH-]c(CC4CCCCC4)cc23)c1.[Zr]. The van der Waals surface area contributed by atoms with E-state index >= 15 is 0 Å². The standard InChI is InChI=1S/C25H29.Zr/c1-17-9-18(2)11-22(10-17)24-13-19(3)12-23-15-21(16-25(23)24)14-20-7-5-4-6-8-20;/h9-13,15-16,20H,4-8,14H2,1-3H3;/q-1;. The molecular formula is C25H29Zr-. The fourth-order valence-electron chi connectivity index (χ4n) is 4.74. The monoisotopic (exact) mass is 419 g/mol. The fraction of sp³-hybridized carbons (Fsp3) is 0.400. The molecule has 0 amide bonds. The zero-order chi connectivity index (χ0) is 17.4. The van der Waals surface area contributed by atoms with Gasteiger partial charge in [0.05, 0.1) is 0 Å². The Bertz CT molecular complexity index is 874. The number of fused-ring (bicyclic) bond motifs is 1. The van der Waals surface area contributed by atoms with E-state index in [-0.39, 0.29) is 26.2 Å². The van der Waals surface area contributed by atoms with E-state index in [4.69, 9.17) is 0 Å². The van der Waals surface area contributed by atoms with Crippen molar-refractivity contribution in [2.24, 2.45) is 5.92 Å². The van der Waals surface area contributed by atoms with Crippen LogP contribution in [0.4, 0.5) is 0 Å². The number of hydrogen-bond acceptors (Lipinski definition) is 0. The molecule has 1 aliphatic carbocycles. The van der Waals surface area contributed by atoms with E-state index in [1.165, 1.54) is 82.7 Å². The molecule has 1 fully saturated rings. The van der Waals surface area contributed by atoms with Gasteiger partial charge in [-0.3, -0.25) is 0 Å². The molecule has 0 unspecified atom stereocenters. The molecule has 0 aliphatic heterocycles. The van der Waals surface area contributed by atoms with Gasteiger partial charge >= 0.3 is 0 Å². The summed E-state index contributed by atoms with van der Waals surface area (Å²) in [5.74, 6) is 0.899. The van der Waals surface area contributed by atoms with Gasteiger partial charge < -0.3 is 0 Å². The average Bonchev–Trinajstić information content (AvgIpc) is 2.96. The van der Waals surface area contributed by atoms with Gasteiger partial charge in [0.25, 0.3) is 0 Å². The molecule has 0 bridgehead atoms. The van der Waals surface area contributed by atoms with Gasteiger partial charge in [0.2, 0.25) is 0 Å². The molecule has 0 nitrogen and oxygen atoms in total. The first-order valence-electron chi connectivity index (χ1n) is 9.87. The Labute approximate surface area is 177 Å². The molecule has 3 aromatic rings. The molecule has 1 aliphatic rings. The molecule has 0 atom stereocenters. The largest absolute Gasteiger partial charge is 0.164 e. The van der Waals surface area contributed by atoms with Gasteiger partial charge in [-0.2, -0.15) is 6.07 Å². The Morgan fingerprint density at radius 2 is 1.46 bits per heavy atom. The van der Waals surface area contributed by atoms with Crippen LogP contribution < -0.4 is 0 Å². The third kappa shape index (κ3) is 4.25. The van der Waals surface area contributed by atoms with E-state index in [1.807, 2.05) is 0 Å². The second kappa shape index (κ2) is 8.30. The summed E-state index contributed by atoms with van der Waals surface area (Å²) in [5.41, 5.74) is 8.35. The van der Waals surface area contributed by atoms with Gasteiger partial charge in [-0.1, -0.05) is 78.6 Å². The summed E-state index contributed by atoms with van der Waals surface area (Å²) < 4.78 is 0. The van der Waals surface area contributed by atoms with Crippen LogP contribution in [0, 0.1) is 26.7 Å². The normalized spacial score (nSPS) is 15.2. The molecule has 0 saturated heterocycles. The Morgan fingerprint density at radius 3 is 2.15 bits per heavy atom. The van der Waals surface area contributed by atoms with Crippen molar-refractivity contribution in [3.8, 4) is 11.1 Å². The van der Waals surface area contributed by atoms with Crippen LogP contribution in [0.3, 0.4) is 0 Å². The van der Waals surface area contributed by atoms with Crippen LogP contribution in [-0.2, 0) is 32.6 Å². The van der Waals surface area contributed by atoms with Crippen LogP contribution in [0.5, 0.6) is 0 Å². The van der Waals surface area contributed by atoms with E-state index < -0.39 is 0 Å². The molecular weight excluding hydrogens is 391 g/mol. The van der Waals surface area contributed by atoms with E-state index in [9.17, 15) is 0 Å². The topological polar surface area (TPSA) is 0 Å². The number of aryl methyl sites for hydroxylation is 3. The van der Waals surface area contributed by atoms with Crippen LogP contribution in [0.15, 0.2) is 42.5 Å². The first-order chi connectivity index (χ1) is 12.1.